The Balaban J connectivity index is 1.99. The Morgan fingerprint density at radius 1 is 1.54 bits per heavy atom. The van der Waals surface area contributed by atoms with Gasteiger partial charge in [0.05, 0.1) is 12.2 Å². The maximum absolute atomic E-state index is 8.73. The van der Waals surface area contributed by atoms with Crippen LogP contribution < -0.4 is 0 Å². The van der Waals surface area contributed by atoms with Crippen LogP contribution in [0.5, 0.6) is 0 Å². The molecule has 2 saturated heterocycles. The van der Waals surface area contributed by atoms with Crippen LogP contribution in [0, 0.1) is 17.2 Å². The third-order valence-electron chi connectivity index (χ3n) is 3.04. The fraction of sp³-hybridized carbons (Fsp3) is 0.900. The summed E-state index contributed by atoms with van der Waals surface area (Å²) >= 11 is 0. The van der Waals surface area contributed by atoms with E-state index >= 15 is 0 Å². The van der Waals surface area contributed by atoms with E-state index in [1.165, 1.54) is 0 Å². The van der Waals surface area contributed by atoms with Crippen molar-refractivity contribution in [3.63, 3.8) is 0 Å². The first kappa shape index (κ1) is 8.98. The van der Waals surface area contributed by atoms with Gasteiger partial charge in [-0.1, -0.05) is 13.8 Å². The summed E-state index contributed by atoms with van der Waals surface area (Å²) in [4.78, 5) is 0. The number of epoxide rings is 1. The van der Waals surface area contributed by atoms with Crippen LogP contribution in [0.3, 0.4) is 0 Å². The molecule has 2 fully saturated rings. The minimum atomic E-state index is -0.169. The Morgan fingerprint density at radius 2 is 2.31 bits per heavy atom. The summed E-state index contributed by atoms with van der Waals surface area (Å²) in [5, 5.41) is 8.73. The maximum Gasteiger partial charge on any atom is 0.173 e. The Bertz CT molecular complexity index is 246. The van der Waals surface area contributed by atoms with E-state index in [1.54, 1.807) is 0 Å². The lowest BCUT2D eigenvalue weighted by atomic mass is 9.88. The third kappa shape index (κ3) is 1.45. The highest BCUT2D eigenvalue weighted by Gasteiger charge is 2.59. The van der Waals surface area contributed by atoms with Crippen molar-refractivity contribution in [2.24, 2.45) is 5.92 Å². The molecule has 3 unspecified atom stereocenters. The number of hydrogen-bond donors (Lipinski definition) is 0. The van der Waals surface area contributed by atoms with Crippen molar-refractivity contribution in [3.05, 3.63) is 0 Å². The molecule has 0 amide bonds. The molecule has 0 aromatic rings. The SMILES string of the molecule is CC(C)C1CC2(CCO1)OC2C#N. The normalized spacial score (nSPS) is 43.5. The molecule has 0 N–H and O–H groups in total. The van der Waals surface area contributed by atoms with Crippen LogP contribution in [0.4, 0.5) is 0 Å². The lowest BCUT2D eigenvalue weighted by Crippen LogP contribution is -2.35. The maximum atomic E-state index is 8.73. The zero-order valence-corrected chi connectivity index (χ0v) is 8.12. The highest BCUT2D eigenvalue weighted by Crippen LogP contribution is 2.47. The number of nitrogens with zero attached hydrogens (tertiary/aromatic N) is 1. The van der Waals surface area contributed by atoms with Crippen LogP contribution in [0.15, 0.2) is 0 Å². The Hall–Kier alpha value is -0.590. The summed E-state index contributed by atoms with van der Waals surface area (Å²) in [7, 11) is 0. The second kappa shape index (κ2) is 2.97. The van der Waals surface area contributed by atoms with Crippen molar-refractivity contribution in [3.8, 4) is 6.07 Å². The van der Waals surface area contributed by atoms with Crippen molar-refractivity contribution < 1.29 is 9.47 Å². The minimum Gasteiger partial charge on any atom is -0.378 e. The van der Waals surface area contributed by atoms with Gasteiger partial charge in [-0.05, 0) is 5.92 Å². The molecule has 0 radical (unpaired) electrons. The van der Waals surface area contributed by atoms with Crippen molar-refractivity contribution in [1.29, 1.82) is 5.26 Å². The van der Waals surface area contributed by atoms with Gasteiger partial charge in [-0.25, -0.2) is 0 Å². The third-order valence-corrected chi connectivity index (χ3v) is 3.04. The van der Waals surface area contributed by atoms with E-state index in [2.05, 4.69) is 19.9 Å². The fourth-order valence-corrected chi connectivity index (χ4v) is 2.00. The summed E-state index contributed by atoms with van der Waals surface area (Å²) in [6.45, 7) is 5.03. The van der Waals surface area contributed by atoms with Gasteiger partial charge in [-0.2, -0.15) is 5.26 Å². The molecule has 2 aliphatic heterocycles. The molecule has 2 heterocycles. The molecule has 3 atom stereocenters. The van der Waals surface area contributed by atoms with Gasteiger partial charge in [-0.15, -0.1) is 0 Å². The number of rotatable bonds is 1. The van der Waals surface area contributed by atoms with Crippen LogP contribution in [-0.4, -0.2) is 24.4 Å². The van der Waals surface area contributed by atoms with Gasteiger partial charge in [0.2, 0.25) is 0 Å². The largest absolute Gasteiger partial charge is 0.378 e. The molecule has 1 spiro atoms. The van der Waals surface area contributed by atoms with Crippen LogP contribution in [0.2, 0.25) is 0 Å². The molecule has 13 heavy (non-hydrogen) atoms. The molecular formula is C10H15NO2. The molecule has 0 bridgehead atoms. The molecule has 3 nitrogen and oxygen atoms in total. The predicted octanol–water partition coefficient (Wildman–Crippen LogP) is 1.48. The topological polar surface area (TPSA) is 45.5 Å². The Labute approximate surface area is 78.6 Å². The second-order valence-electron chi connectivity index (χ2n) is 4.30. The summed E-state index contributed by atoms with van der Waals surface area (Å²) in [5.74, 6) is 0.515. The zero-order valence-electron chi connectivity index (χ0n) is 8.12. The molecule has 3 heteroatoms. The summed E-state index contributed by atoms with van der Waals surface area (Å²) in [5.41, 5.74) is -0.137. The lowest BCUT2D eigenvalue weighted by molar-refractivity contribution is -0.0428. The number of ether oxygens (including phenoxy) is 2. The van der Waals surface area contributed by atoms with E-state index in [-0.39, 0.29) is 17.8 Å². The van der Waals surface area contributed by atoms with Gasteiger partial charge in [0.1, 0.15) is 5.60 Å². The molecular weight excluding hydrogens is 166 g/mol. The van der Waals surface area contributed by atoms with E-state index in [0.717, 1.165) is 19.4 Å². The molecule has 72 valence electrons. The average molecular weight is 181 g/mol. The summed E-state index contributed by atoms with van der Waals surface area (Å²) in [6, 6.07) is 2.18. The number of nitriles is 1. The fourth-order valence-electron chi connectivity index (χ4n) is 2.00. The van der Waals surface area contributed by atoms with Crippen molar-refractivity contribution >= 4 is 0 Å². The van der Waals surface area contributed by atoms with Crippen LogP contribution in [0.25, 0.3) is 0 Å². The van der Waals surface area contributed by atoms with E-state index in [9.17, 15) is 0 Å². The van der Waals surface area contributed by atoms with Crippen molar-refractivity contribution in [2.75, 3.05) is 6.61 Å². The monoisotopic (exact) mass is 181 g/mol. The van der Waals surface area contributed by atoms with Crippen molar-refractivity contribution in [2.45, 2.75) is 44.5 Å². The summed E-state index contributed by atoms with van der Waals surface area (Å²) in [6.07, 6.45) is 1.88. The molecule has 0 aromatic carbocycles. The Morgan fingerprint density at radius 3 is 2.85 bits per heavy atom. The summed E-state index contributed by atoms with van der Waals surface area (Å²) < 4.78 is 11.1. The van der Waals surface area contributed by atoms with E-state index in [1.807, 2.05) is 0 Å². The first-order valence-electron chi connectivity index (χ1n) is 4.87. The van der Waals surface area contributed by atoms with E-state index in [4.69, 9.17) is 14.7 Å². The molecule has 0 saturated carbocycles. The average Bonchev–Trinajstić information content (AvgIpc) is 2.78. The smallest absolute Gasteiger partial charge is 0.173 e. The predicted molar refractivity (Wildman–Crippen MR) is 47.0 cm³/mol. The van der Waals surface area contributed by atoms with Gasteiger partial charge < -0.3 is 9.47 Å². The molecule has 2 aliphatic rings. The van der Waals surface area contributed by atoms with Crippen LogP contribution in [-0.2, 0) is 9.47 Å². The first-order valence-corrected chi connectivity index (χ1v) is 4.87. The lowest BCUT2D eigenvalue weighted by Gasteiger charge is -2.30. The van der Waals surface area contributed by atoms with Gasteiger partial charge in [0, 0.05) is 19.4 Å². The Kier molecular flexibility index (Phi) is 2.05. The van der Waals surface area contributed by atoms with Crippen molar-refractivity contribution in [1.82, 2.24) is 0 Å². The highest BCUT2D eigenvalue weighted by molar-refractivity contribution is 5.15. The molecule has 2 rings (SSSR count). The van der Waals surface area contributed by atoms with Gasteiger partial charge in [0.25, 0.3) is 0 Å². The zero-order chi connectivity index (χ0) is 9.47. The second-order valence-corrected chi connectivity index (χ2v) is 4.30. The van der Waals surface area contributed by atoms with Crippen LogP contribution in [0.1, 0.15) is 26.7 Å². The van der Waals surface area contributed by atoms with E-state index < -0.39 is 0 Å². The molecule has 0 aliphatic carbocycles. The van der Waals surface area contributed by atoms with Gasteiger partial charge >= 0.3 is 0 Å². The first-order chi connectivity index (χ1) is 6.18. The number of hydrogen-bond acceptors (Lipinski definition) is 3. The van der Waals surface area contributed by atoms with Gasteiger partial charge in [0.15, 0.2) is 6.10 Å². The van der Waals surface area contributed by atoms with E-state index in [0.29, 0.717) is 5.92 Å². The van der Waals surface area contributed by atoms with Gasteiger partial charge in [-0.3, -0.25) is 0 Å². The minimum absolute atomic E-state index is 0.137. The van der Waals surface area contributed by atoms with Crippen LogP contribution >= 0.6 is 0 Å². The molecule has 0 aromatic heterocycles. The highest BCUT2D eigenvalue weighted by atomic mass is 16.6. The standard InChI is InChI=1S/C10H15NO2/c1-7(2)8-5-10(3-4-12-8)9(6-11)13-10/h7-9H,3-5H2,1-2H3. The quantitative estimate of drug-likeness (QED) is 0.575.